The largest absolute Gasteiger partial charge is 0.356 e. The normalized spacial score (nSPS) is 10.8. The number of nitrogens with zero attached hydrogens (tertiary/aromatic N) is 2. The van der Waals surface area contributed by atoms with Crippen LogP contribution in [0.4, 0.5) is 0 Å². The van der Waals surface area contributed by atoms with Crippen molar-refractivity contribution in [1.29, 1.82) is 0 Å². The van der Waals surface area contributed by atoms with E-state index >= 15 is 0 Å². The van der Waals surface area contributed by atoms with Crippen LogP contribution in [0.5, 0.6) is 0 Å². The number of carbonyl (C=O) groups excluding carboxylic acids is 1. The molecule has 0 aliphatic rings. The number of aryl methyl sites for hydroxylation is 1. The molecule has 25 heavy (non-hydrogen) atoms. The molecule has 6 nitrogen and oxygen atoms in total. The Hall–Kier alpha value is -1.68. The molecule has 0 bridgehead atoms. The number of amides is 1. The van der Waals surface area contributed by atoms with Crippen LogP contribution in [0.1, 0.15) is 25.8 Å². The molecule has 0 saturated heterocycles. The van der Waals surface area contributed by atoms with Gasteiger partial charge in [-0.15, -0.1) is 35.3 Å². The molecule has 0 unspecified atom stereocenters. The number of aromatic nitrogens is 1. The summed E-state index contributed by atoms with van der Waals surface area (Å²) in [5.41, 5.74) is 1.78. The van der Waals surface area contributed by atoms with Crippen molar-refractivity contribution in [2.45, 2.75) is 19.9 Å². The molecule has 2 aromatic rings. The molecule has 0 spiro atoms. The maximum Gasteiger partial charge on any atom is 0.251 e. The molecule has 0 saturated carbocycles. The highest BCUT2D eigenvalue weighted by Crippen LogP contribution is 2.10. The van der Waals surface area contributed by atoms with Crippen LogP contribution in [0.15, 0.2) is 35.5 Å². The van der Waals surface area contributed by atoms with E-state index in [1.165, 1.54) is 4.88 Å². The lowest BCUT2D eigenvalue weighted by molar-refractivity contribution is 0.0963. The van der Waals surface area contributed by atoms with E-state index in [1.807, 2.05) is 37.4 Å². The Morgan fingerprint density at radius 2 is 2.12 bits per heavy atom. The van der Waals surface area contributed by atoms with Gasteiger partial charge in [-0.25, -0.2) is 4.98 Å². The van der Waals surface area contributed by atoms with Gasteiger partial charge in [0.05, 0.1) is 6.54 Å². The summed E-state index contributed by atoms with van der Waals surface area (Å²) in [6, 6.07) is 7.64. The van der Waals surface area contributed by atoms with E-state index in [9.17, 15) is 4.79 Å². The molecular weight excluding hydrogens is 449 g/mol. The van der Waals surface area contributed by atoms with Crippen LogP contribution in [0.2, 0.25) is 0 Å². The molecule has 136 valence electrons. The Bertz CT molecular complexity index is 717. The highest BCUT2D eigenvalue weighted by molar-refractivity contribution is 14.0. The molecule has 0 atom stereocenters. The van der Waals surface area contributed by atoms with E-state index < -0.39 is 0 Å². The predicted octanol–water partition coefficient (Wildman–Crippen LogP) is 2.34. The smallest absolute Gasteiger partial charge is 0.251 e. The van der Waals surface area contributed by atoms with Crippen LogP contribution in [0.3, 0.4) is 0 Å². The van der Waals surface area contributed by atoms with Crippen molar-refractivity contribution in [2.24, 2.45) is 4.99 Å². The zero-order valence-corrected chi connectivity index (χ0v) is 17.8. The molecule has 0 aliphatic heterocycles. The lowest BCUT2D eigenvalue weighted by Crippen LogP contribution is -2.37. The lowest BCUT2D eigenvalue weighted by Gasteiger charge is -2.11. The van der Waals surface area contributed by atoms with Crippen LogP contribution in [-0.2, 0) is 13.0 Å². The topological polar surface area (TPSA) is 78.4 Å². The Labute approximate surface area is 169 Å². The third kappa shape index (κ3) is 6.99. The van der Waals surface area contributed by atoms with E-state index in [0.29, 0.717) is 12.1 Å². The van der Waals surface area contributed by atoms with Gasteiger partial charge in [-0.2, -0.15) is 0 Å². The fraction of sp³-hybridized carbons (Fsp3) is 0.353. The highest BCUT2D eigenvalue weighted by atomic mass is 127. The Kier molecular flexibility index (Phi) is 9.43. The van der Waals surface area contributed by atoms with Crippen LogP contribution in [-0.4, -0.2) is 37.5 Å². The average molecular weight is 473 g/mol. The lowest BCUT2D eigenvalue weighted by atomic mass is 10.1. The quantitative estimate of drug-likeness (QED) is 0.342. The van der Waals surface area contributed by atoms with Gasteiger partial charge in [0.15, 0.2) is 5.96 Å². The van der Waals surface area contributed by atoms with E-state index in [-0.39, 0.29) is 29.9 Å². The SMILES string of the molecule is CN=C(NCCc1cccc(C(=O)NC)c1)NCc1ncc(C)s1.I. The zero-order chi connectivity index (χ0) is 17.4. The minimum Gasteiger partial charge on any atom is -0.356 e. The third-order valence-electron chi connectivity index (χ3n) is 3.42. The highest BCUT2D eigenvalue weighted by Gasteiger charge is 2.04. The monoisotopic (exact) mass is 473 g/mol. The number of carbonyl (C=O) groups is 1. The second kappa shape index (κ2) is 11.0. The first-order chi connectivity index (χ1) is 11.6. The number of aliphatic imine (C=N–C) groups is 1. The number of hydrogen-bond donors (Lipinski definition) is 3. The summed E-state index contributed by atoms with van der Waals surface area (Å²) in [6.45, 7) is 3.43. The summed E-state index contributed by atoms with van der Waals surface area (Å²) in [4.78, 5) is 21.4. The second-order valence-corrected chi connectivity index (χ2v) is 6.57. The number of nitrogens with one attached hydrogen (secondary N) is 3. The van der Waals surface area contributed by atoms with Crippen molar-refractivity contribution >= 4 is 47.2 Å². The van der Waals surface area contributed by atoms with Gasteiger partial charge in [-0.05, 0) is 31.0 Å². The number of rotatable bonds is 6. The molecule has 3 N–H and O–H groups in total. The van der Waals surface area contributed by atoms with Crippen molar-refractivity contribution in [3.63, 3.8) is 0 Å². The van der Waals surface area contributed by atoms with E-state index in [4.69, 9.17) is 0 Å². The standard InChI is InChI=1S/C17H23N5OS.HI/c1-12-10-21-15(24-12)11-22-17(19-3)20-8-7-13-5-4-6-14(9-13)16(23)18-2;/h4-6,9-10H,7-8,11H2,1-3H3,(H,18,23)(H2,19,20,22);1H. The van der Waals surface area contributed by atoms with Crippen LogP contribution in [0, 0.1) is 6.92 Å². The third-order valence-corrected chi connectivity index (χ3v) is 4.33. The van der Waals surface area contributed by atoms with Gasteiger partial charge < -0.3 is 16.0 Å². The van der Waals surface area contributed by atoms with Crippen LogP contribution >= 0.6 is 35.3 Å². The maximum absolute atomic E-state index is 11.7. The van der Waals surface area contributed by atoms with E-state index in [0.717, 1.165) is 29.5 Å². The molecule has 1 heterocycles. The summed E-state index contributed by atoms with van der Waals surface area (Å²) in [5.74, 6) is 0.673. The van der Waals surface area contributed by atoms with Gasteiger partial charge in [-0.1, -0.05) is 12.1 Å². The first-order valence-electron chi connectivity index (χ1n) is 7.79. The summed E-state index contributed by atoms with van der Waals surface area (Å²) in [7, 11) is 3.38. The summed E-state index contributed by atoms with van der Waals surface area (Å²) < 4.78 is 0. The van der Waals surface area contributed by atoms with Gasteiger partial charge in [0.1, 0.15) is 5.01 Å². The van der Waals surface area contributed by atoms with E-state index in [1.54, 1.807) is 25.4 Å². The molecule has 0 aliphatic carbocycles. The van der Waals surface area contributed by atoms with Crippen LogP contribution in [0.25, 0.3) is 0 Å². The molecule has 0 fully saturated rings. The number of benzene rings is 1. The van der Waals surface area contributed by atoms with Gasteiger partial charge in [0.25, 0.3) is 5.91 Å². The number of hydrogen-bond acceptors (Lipinski definition) is 4. The zero-order valence-electron chi connectivity index (χ0n) is 14.6. The van der Waals surface area contributed by atoms with E-state index in [2.05, 4.69) is 25.9 Å². The first kappa shape index (κ1) is 21.4. The fourth-order valence-corrected chi connectivity index (χ4v) is 2.93. The predicted molar refractivity (Wildman–Crippen MR) is 114 cm³/mol. The summed E-state index contributed by atoms with van der Waals surface area (Å²) in [6.07, 6.45) is 2.68. The van der Waals surface area contributed by atoms with Crippen molar-refractivity contribution in [3.8, 4) is 0 Å². The molecule has 1 aromatic heterocycles. The minimum atomic E-state index is -0.0685. The van der Waals surface area contributed by atoms with Crippen molar-refractivity contribution < 1.29 is 4.79 Å². The van der Waals surface area contributed by atoms with Crippen molar-refractivity contribution in [1.82, 2.24) is 20.9 Å². The van der Waals surface area contributed by atoms with Crippen molar-refractivity contribution in [3.05, 3.63) is 51.5 Å². The Morgan fingerprint density at radius 1 is 1.32 bits per heavy atom. The minimum absolute atomic E-state index is 0. The van der Waals surface area contributed by atoms with Crippen molar-refractivity contribution in [2.75, 3.05) is 20.6 Å². The molecule has 1 aromatic carbocycles. The van der Waals surface area contributed by atoms with Crippen LogP contribution < -0.4 is 16.0 Å². The Balaban J connectivity index is 0.00000312. The molecule has 8 heteroatoms. The summed E-state index contributed by atoms with van der Waals surface area (Å²) >= 11 is 1.67. The molecule has 1 amide bonds. The molecule has 2 rings (SSSR count). The molecule has 0 radical (unpaired) electrons. The van der Waals surface area contributed by atoms with Gasteiger partial charge in [0.2, 0.25) is 0 Å². The average Bonchev–Trinajstić information content (AvgIpc) is 3.02. The van der Waals surface area contributed by atoms with Gasteiger partial charge in [0, 0.05) is 37.3 Å². The number of thiazole rings is 1. The maximum atomic E-state index is 11.7. The number of guanidine groups is 1. The van der Waals surface area contributed by atoms with Gasteiger partial charge in [-0.3, -0.25) is 9.79 Å². The fourth-order valence-electron chi connectivity index (χ4n) is 2.20. The Morgan fingerprint density at radius 3 is 2.76 bits per heavy atom. The first-order valence-corrected chi connectivity index (χ1v) is 8.61. The molecular formula is C17H24IN5OS. The second-order valence-electron chi connectivity index (χ2n) is 5.25. The van der Waals surface area contributed by atoms with Gasteiger partial charge >= 0.3 is 0 Å². The number of halogens is 1. The summed E-state index contributed by atoms with van der Waals surface area (Å²) in [5, 5.41) is 10.2.